The second kappa shape index (κ2) is 7.06. The largest absolute Gasteiger partial charge is 0.489 e. The van der Waals surface area contributed by atoms with E-state index in [4.69, 9.17) is 9.47 Å². The van der Waals surface area contributed by atoms with Crippen LogP contribution in [0.3, 0.4) is 0 Å². The third-order valence-corrected chi connectivity index (χ3v) is 4.64. The van der Waals surface area contributed by atoms with Crippen molar-refractivity contribution in [3.63, 3.8) is 0 Å². The number of ether oxygens (including phenoxy) is 2. The van der Waals surface area contributed by atoms with Gasteiger partial charge in [0.25, 0.3) is 0 Å². The van der Waals surface area contributed by atoms with E-state index in [-0.39, 0.29) is 11.0 Å². The standard InChI is InChI=1S/C14H21NO4S/c1-3-11-7-12(13(20-11)14(16)17)19-9-10-8-15(4-2)5-6-18-10/h7,10H,3-6,8-9H2,1-2H3,(H,16,17). The summed E-state index contributed by atoms with van der Waals surface area (Å²) >= 11 is 1.28. The van der Waals surface area contributed by atoms with Gasteiger partial charge in [0.1, 0.15) is 18.5 Å². The van der Waals surface area contributed by atoms with Crippen LogP contribution in [0.1, 0.15) is 28.4 Å². The molecule has 2 heterocycles. The molecule has 1 fully saturated rings. The highest BCUT2D eigenvalue weighted by molar-refractivity contribution is 7.14. The Morgan fingerprint density at radius 1 is 1.60 bits per heavy atom. The number of carboxylic acids is 1. The zero-order valence-electron chi connectivity index (χ0n) is 11.9. The van der Waals surface area contributed by atoms with E-state index in [1.807, 2.05) is 13.0 Å². The van der Waals surface area contributed by atoms with Gasteiger partial charge in [-0.05, 0) is 19.0 Å². The first-order valence-corrected chi connectivity index (χ1v) is 7.78. The van der Waals surface area contributed by atoms with E-state index in [1.165, 1.54) is 11.3 Å². The van der Waals surface area contributed by atoms with Gasteiger partial charge in [0.2, 0.25) is 0 Å². The molecule has 0 aromatic carbocycles. The Morgan fingerprint density at radius 3 is 3.05 bits per heavy atom. The number of carboxylic acid groups (broad SMARTS) is 1. The molecule has 6 heteroatoms. The summed E-state index contributed by atoms with van der Waals surface area (Å²) in [7, 11) is 0. The van der Waals surface area contributed by atoms with Crippen molar-refractivity contribution in [3.8, 4) is 5.75 Å². The van der Waals surface area contributed by atoms with Crippen molar-refractivity contribution >= 4 is 17.3 Å². The quantitative estimate of drug-likeness (QED) is 0.872. The molecule has 1 aromatic rings. The predicted octanol–water partition coefficient (Wildman–Crippen LogP) is 2.11. The van der Waals surface area contributed by atoms with Gasteiger partial charge in [-0.15, -0.1) is 11.3 Å². The van der Waals surface area contributed by atoms with Crippen LogP contribution in [-0.2, 0) is 11.2 Å². The van der Waals surface area contributed by atoms with Gasteiger partial charge in [0.05, 0.1) is 6.61 Å². The minimum absolute atomic E-state index is 0.00956. The summed E-state index contributed by atoms with van der Waals surface area (Å²) in [6.07, 6.45) is 0.827. The summed E-state index contributed by atoms with van der Waals surface area (Å²) in [5.74, 6) is -0.457. The lowest BCUT2D eigenvalue weighted by molar-refractivity contribution is -0.0464. The number of carbonyl (C=O) groups is 1. The molecular formula is C14H21NO4S. The van der Waals surface area contributed by atoms with E-state index in [0.29, 0.717) is 19.0 Å². The molecule has 112 valence electrons. The summed E-state index contributed by atoms with van der Waals surface area (Å²) in [4.78, 5) is 14.8. The summed E-state index contributed by atoms with van der Waals surface area (Å²) < 4.78 is 11.3. The van der Waals surface area contributed by atoms with Crippen LogP contribution in [0, 0.1) is 0 Å². The lowest BCUT2D eigenvalue weighted by atomic mass is 10.3. The normalized spacial score (nSPS) is 20.0. The van der Waals surface area contributed by atoms with Gasteiger partial charge in [0.15, 0.2) is 4.88 Å². The second-order valence-electron chi connectivity index (χ2n) is 4.76. The molecule has 1 atom stereocenters. The molecule has 0 spiro atoms. The van der Waals surface area contributed by atoms with Crippen molar-refractivity contribution in [1.29, 1.82) is 0 Å². The van der Waals surface area contributed by atoms with Gasteiger partial charge >= 0.3 is 5.97 Å². The van der Waals surface area contributed by atoms with E-state index < -0.39 is 5.97 Å². The molecule has 0 aliphatic carbocycles. The topological polar surface area (TPSA) is 59.0 Å². The number of hydrogen-bond donors (Lipinski definition) is 1. The molecule has 0 amide bonds. The first-order chi connectivity index (χ1) is 9.63. The fourth-order valence-corrected chi connectivity index (χ4v) is 3.08. The number of aromatic carboxylic acids is 1. The van der Waals surface area contributed by atoms with Gasteiger partial charge in [-0.2, -0.15) is 0 Å². The van der Waals surface area contributed by atoms with Gasteiger partial charge in [0, 0.05) is 18.0 Å². The average Bonchev–Trinajstić information content (AvgIpc) is 2.89. The molecule has 1 N–H and O–H groups in total. The maximum atomic E-state index is 11.2. The SMILES string of the molecule is CCc1cc(OCC2CN(CC)CCO2)c(C(=O)O)s1. The van der Waals surface area contributed by atoms with E-state index in [9.17, 15) is 9.90 Å². The summed E-state index contributed by atoms with van der Waals surface area (Å²) in [5.41, 5.74) is 0. The Bertz CT molecular complexity index is 460. The zero-order valence-corrected chi connectivity index (χ0v) is 12.7. The van der Waals surface area contributed by atoms with E-state index >= 15 is 0 Å². The molecule has 20 heavy (non-hydrogen) atoms. The number of morpholine rings is 1. The van der Waals surface area contributed by atoms with E-state index in [2.05, 4.69) is 11.8 Å². The fourth-order valence-electron chi connectivity index (χ4n) is 2.20. The van der Waals surface area contributed by atoms with Crippen molar-refractivity contribution in [2.45, 2.75) is 26.4 Å². The highest BCUT2D eigenvalue weighted by atomic mass is 32.1. The van der Waals surface area contributed by atoms with Gasteiger partial charge in [-0.25, -0.2) is 4.79 Å². The summed E-state index contributed by atoms with van der Waals surface area (Å²) in [6.45, 7) is 8.02. The molecule has 2 rings (SSSR count). The van der Waals surface area contributed by atoms with Crippen LogP contribution < -0.4 is 4.74 Å². The molecule has 0 radical (unpaired) electrons. The first-order valence-electron chi connectivity index (χ1n) is 6.96. The molecule has 0 saturated carbocycles. The Hall–Kier alpha value is -1.11. The second-order valence-corrected chi connectivity index (χ2v) is 5.90. The van der Waals surface area contributed by atoms with Crippen molar-refractivity contribution in [1.82, 2.24) is 4.90 Å². The van der Waals surface area contributed by atoms with Gasteiger partial charge in [-0.1, -0.05) is 13.8 Å². The zero-order chi connectivity index (χ0) is 14.5. The lowest BCUT2D eigenvalue weighted by Crippen LogP contribution is -2.44. The smallest absolute Gasteiger partial charge is 0.349 e. The molecule has 0 bridgehead atoms. The Labute approximate surface area is 123 Å². The Balaban J connectivity index is 1.96. The first kappa shape index (κ1) is 15.3. The molecule has 1 unspecified atom stereocenters. The van der Waals surface area contributed by atoms with Crippen LogP contribution in [0.4, 0.5) is 0 Å². The fraction of sp³-hybridized carbons (Fsp3) is 0.643. The van der Waals surface area contributed by atoms with Crippen LogP contribution in [0.5, 0.6) is 5.75 Å². The third-order valence-electron chi connectivity index (χ3n) is 3.39. The maximum Gasteiger partial charge on any atom is 0.349 e. The lowest BCUT2D eigenvalue weighted by Gasteiger charge is -2.31. The Morgan fingerprint density at radius 2 is 2.40 bits per heavy atom. The Kier molecular flexibility index (Phi) is 5.39. The number of rotatable bonds is 6. The molecular weight excluding hydrogens is 278 g/mol. The molecule has 1 aliphatic rings. The number of hydrogen-bond acceptors (Lipinski definition) is 5. The molecule has 1 aromatic heterocycles. The van der Waals surface area contributed by atoms with Crippen molar-refractivity contribution in [3.05, 3.63) is 15.8 Å². The van der Waals surface area contributed by atoms with Crippen molar-refractivity contribution in [2.75, 3.05) is 32.8 Å². The summed E-state index contributed by atoms with van der Waals surface area (Å²) in [5, 5.41) is 9.18. The van der Waals surface area contributed by atoms with Crippen LogP contribution in [0.25, 0.3) is 0 Å². The van der Waals surface area contributed by atoms with Crippen molar-refractivity contribution in [2.24, 2.45) is 0 Å². The van der Waals surface area contributed by atoms with Crippen LogP contribution in [0.15, 0.2) is 6.07 Å². The summed E-state index contributed by atoms with van der Waals surface area (Å²) in [6, 6.07) is 1.83. The van der Waals surface area contributed by atoms with Crippen LogP contribution in [-0.4, -0.2) is 54.9 Å². The van der Waals surface area contributed by atoms with Gasteiger partial charge in [-0.3, -0.25) is 4.90 Å². The highest BCUT2D eigenvalue weighted by Crippen LogP contribution is 2.30. The van der Waals surface area contributed by atoms with Gasteiger partial charge < -0.3 is 14.6 Å². The minimum atomic E-state index is -0.926. The van der Waals surface area contributed by atoms with E-state index in [1.54, 1.807) is 0 Å². The minimum Gasteiger partial charge on any atom is -0.489 e. The molecule has 1 saturated heterocycles. The van der Waals surface area contributed by atoms with E-state index in [0.717, 1.165) is 30.9 Å². The number of aryl methyl sites for hydroxylation is 1. The third kappa shape index (κ3) is 3.71. The van der Waals surface area contributed by atoms with Crippen molar-refractivity contribution < 1.29 is 19.4 Å². The number of thiophene rings is 1. The molecule has 1 aliphatic heterocycles. The molecule has 5 nitrogen and oxygen atoms in total. The highest BCUT2D eigenvalue weighted by Gasteiger charge is 2.22. The monoisotopic (exact) mass is 299 g/mol. The maximum absolute atomic E-state index is 11.2. The van der Waals surface area contributed by atoms with Crippen LogP contribution >= 0.6 is 11.3 Å². The van der Waals surface area contributed by atoms with Crippen LogP contribution in [0.2, 0.25) is 0 Å². The predicted molar refractivity (Wildman–Crippen MR) is 78.0 cm³/mol. The number of nitrogens with zero attached hydrogens (tertiary/aromatic N) is 1. The average molecular weight is 299 g/mol. The number of likely N-dealkylation sites (N-methyl/N-ethyl adjacent to an activating group) is 1.